The van der Waals surface area contributed by atoms with Crippen molar-refractivity contribution in [3.05, 3.63) is 38.8 Å². The molecule has 0 radical (unpaired) electrons. The monoisotopic (exact) mass is 489 g/mol. The second-order valence-electron chi connectivity index (χ2n) is 7.01. The van der Waals surface area contributed by atoms with Gasteiger partial charge in [0.2, 0.25) is 0 Å². The van der Waals surface area contributed by atoms with Crippen molar-refractivity contribution in [2.45, 2.75) is 50.7 Å². The molecule has 1 aromatic rings. The van der Waals surface area contributed by atoms with Crippen molar-refractivity contribution >= 4 is 45.2 Å². The number of ether oxygens (including phenoxy) is 3. The van der Waals surface area contributed by atoms with Crippen LogP contribution in [-0.4, -0.2) is 37.4 Å². The minimum absolute atomic E-state index is 0.000632. The van der Waals surface area contributed by atoms with Crippen LogP contribution in [0.5, 0.6) is 0 Å². The summed E-state index contributed by atoms with van der Waals surface area (Å²) in [6, 6.07) is 2.86. The highest BCUT2D eigenvalue weighted by Gasteiger charge is 2.52. The average molecular weight is 491 g/mol. The lowest BCUT2D eigenvalue weighted by molar-refractivity contribution is -0.148. The number of halogens is 3. The van der Waals surface area contributed by atoms with E-state index in [0.717, 1.165) is 12.8 Å². The summed E-state index contributed by atoms with van der Waals surface area (Å²) in [6.07, 6.45) is 2.21. The number of rotatable bonds is 4. The second kappa shape index (κ2) is 9.02. The number of esters is 1. The van der Waals surface area contributed by atoms with E-state index >= 15 is 0 Å². The molecule has 1 aromatic carbocycles. The van der Waals surface area contributed by atoms with Gasteiger partial charge in [-0.15, -0.1) is 0 Å². The van der Waals surface area contributed by atoms with E-state index in [1.165, 1.54) is 12.1 Å². The minimum atomic E-state index is -1.16. The van der Waals surface area contributed by atoms with Gasteiger partial charge < -0.3 is 19.5 Å². The highest BCUT2D eigenvalue weighted by molar-refractivity contribution is 9.10. The highest BCUT2D eigenvalue weighted by Crippen LogP contribution is 2.48. The van der Waals surface area contributed by atoms with E-state index in [1.54, 1.807) is 6.92 Å². The molecule has 1 heterocycles. The predicted molar refractivity (Wildman–Crippen MR) is 109 cm³/mol. The molecule has 29 heavy (non-hydrogen) atoms. The first-order chi connectivity index (χ1) is 13.8. The zero-order valence-corrected chi connectivity index (χ0v) is 18.5. The van der Waals surface area contributed by atoms with Crippen LogP contribution in [0.1, 0.15) is 44.6 Å². The van der Waals surface area contributed by atoms with Crippen LogP contribution in [0.4, 0.5) is 9.18 Å². The van der Waals surface area contributed by atoms with Gasteiger partial charge in [0, 0.05) is 16.1 Å². The SMILES string of the molecule is CCOC(=O)OC1=C(c2c(F)ccc(Br)c2Cl)C(=O)OC12CCCC(NC)CC2. The van der Waals surface area contributed by atoms with Crippen LogP contribution in [0.25, 0.3) is 5.57 Å². The predicted octanol–water partition coefficient (Wildman–Crippen LogP) is 4.97. The quantitative estimate of drug-likeness (QED) is 0.474. The largest absolute Gasteiger partial charge is 0.513 e. The molecule has 1 aliphatic heterocycles. The average Bonchev–Trinajstić information content (AvgIpc) is 2.82. The maximum Gasteiger partial charge on any atom is 0.513 e. The van der Waals surface area contributed by atoms with E-state index in [2.05, 4.69) is 21.2 Å². The van der Waals surface area contributed by atoms with Crippen LogP contribution < -0.4 is 5.32 Å². The minimum Gasteiger partial charge on any atom is -0.447 e. The van der Waals surface area contributed by atoms with Gasteiger partial charge in [0.15, 0.2) is 11.4 Å². The Kier molecular flexibility index (Phi) is 6.86. The van der Waals surface area contributed by atoms with Crippen LogP contribution in [0, 0.1) is 5.82 Å². The number of hydrogen-bond acceptors (Lipinski definition) is 6. The maximum atomic E-state index is 14.7. The maximum absolute atomic E-state index is 14.7. The topological polar surface area (TPSA) is 73.9 Å². The van der Waals surface area contributed by atoms with Gasteiger partial charge in [-0.25, -0.2) is 14.0 Å². The van der Waals surface area contributed by atoms with Crippen molar-refractivity contribution in [3.63, 3.8) is 0 Å². The second-order valence-corrected chi connectivity index (χ2v) is 8.24. The lowest BCUT2D eigenvalue weighted by Crippen LogP contribution is -2.34. The lowest BCUT2D eigenvalue weighted by atomic mass is 9.89. The standard InChI is InChI=1S/C20H22BrClFNO5/c1-3-27-19(26)28-17-15(14-13(23)7-6-12(21)16(14)22)18(25)29-20(17)9-4-5-11(24-2)8-10-20/h6-7,11,24H,3-5,8-10H2,1-2H3. The smallest absolute Gasteiger partial charge is 0.447 e. The zero-order valence-electron chi connectivity index (χ0n) is 16.1. The highest BCUT2D eigenvalue weighted by atomic mass is 79.9. The Morgan fingerprint density at radius 3 is 2.86 bits per heavy atom. The molecule has 3 rings (SSSR count). The number of nitrogens with one attached hydrogen (secondary N) is 1. The molecule has 2 aliphatic rings. The molecule has 0 saturated heterocycles. The fourth-order valence-corrected chi connectivity index (χ4v) is 4.45. The van der Waals surface area contributed by atoms with Crippen LogP contribution in [0.3, 0.4) is 0 Å². The third-order valence-corrected chi connectivity index (χ3v) is 6.59. The first-order valence-electron chi connectivity index (χ1n) is 9.46. The summed E-state index contributed by atoms with van der Waals surface area (Å²) < 4.78 is 31.3. The molecule has 0 aromatic heterocycles. The molecule has 1 saturated carbocycles. The fraction of sp³-hybridized carbons (Fsp3) is 0.500. The van der Waals surface area contributed by atoms with Gasteiger partial charge >= 0.3 is 12.1 Å². The summed E-state index contributed by atoms with van der Waals surface area (Å²) in [4.78, 5) is 25.1. The molecular formula is C20H22BrClFNO5. The van der Waals surface area contributed by atoms with Gasteiger partial charge in [-0.05, 0) is 74.1 Å². The third kappa shape index (κ3) is 4.29. The number of hydrogen-bond donors (Lipinski definition) is 1. The summed E-state index contributed by atoms with van der Waals surface area (Å²) >= 11 is 9.55. The molecule has 1 spiro atoms. The Bertz CT molecular complexity index is 862. The van der Waals surface area contributed by atoms with E-state index < -0.39 is 23.5 Å². The Morgan fingerprint density at radius 2 is 2.17 bits per heavy atom. The fourth-order valence-electron chi connectivity index (χ4n) is 3.87. The summed E-state index contributed by atoms with van der Waals surface area (Å²) in [5.74, 6) is -1.52. The van der Waals surface area contributed by atoms with Crippen LogP contribution in [0.2, 0.25) is 5.02 Å². The number of carbonyl (C=O) groups excluding carboxylic acids is 2. The number of carbonyl (C=O) groups is 2. The van der Waals surface area contributed by atoms with Gasteiger partial charge in [-0.2, -0.15) is 0 Å². The molecule has 1 aliphatic carbocycles. The number of benzene rings is 1. The van der Waals surface area contributed by atoms with E-state index in [4.69, 9.17) is 25.8 Å². The van der Waals surface area contributed by atoms with Gasteiger partial charge in [0.05, 0.1) is 11.6 Å². The third-order valence-electron chi connectivity index (χ3n) is 5.31. The Morgan fingerprint density at radius 1 is 1.41 bits per heavy atom. The molecule has 2 atom stereocenters. The van der Waals surface area contributed by atoms with E-state index in [9.17, 15) is 14.0 Å². The van der Waals surface area contributed by atoms with Gasteiger partial charge in [0.1, 0.15) is 11.4 Å². The van der Waals surface area contributed by atoms with Crippen molar-refractivity contribution in [3.8, 4) is 0 Å². The van der Waals surface area contributed by atoms with Crippen LogP contribution >= 0.6 is 27.5 Å². The van der Waals surface area contributed by atoms with Crippen molar-refractivity contribution in [2.75, 3.05) is 13.7 Å². The lowest BCUT2D eigenvalue weighted by Gasteiger charge is -2.28. The molecule has 6 nitrogen and oxygen atoms in total. The van der Waals surface area contributed by atoms with E-state index in [-0.39, 0.29) is 34.6 Å². The Labute approximate surface area is 181 Å². The Balaban J connectivity index is 2.16. The normalized spacial score (nSPS) is 24.4. The van der Waals surface area contributed by atoms with Crippen molar-refractivity contribution in [1.29, 1.82) is 0 Å². The van der Waals surface area contributed by atoms with Crippen molar-refractivity contribution in [2.24, 2.45) is 0 Å². The van der Waals surface area contributed by atoms with Crippen LogP contribution in [-0.2, 0) is 19.0 Å². The van der Waals surface area contributed by atoms with Gasteiger partial charge in [-0.3, -0.25) is 0 Å². The first-order valence-corrected chi connectivity index (χ1v) is 10.6. The molecule has 158 valence electrons. The van der Waals surface area contributed by atoms with Crippen molar-refractivity contribution in [1.82, 2.24) is 5.32 Å². The zero-order chi connectivity index (χ0) is 21.2. The van der Waals surface area contributed by atoms with Gasteiger partial charge in [0.25, 0.3) is 0 Å². The molecule has 9 heteroatoms. The van der Waals surface area contributed by atoms with E-state index in [1.807, 2.05) is 7.05 Å². The summed E-state index contributed by atoms with van der Waals surface area (Å²) in [5, 5.41) is 3.23. The molecule has 0 amide bonds. The van der Waals surface area contributed by atoms with Crippen LogP contribution in [0.15, 0.2) is 22.4 Å². The molecule has 2 unspecified atom stereocenters. The Hall–Kier alpha value is -1.64. The van der Waals surface area contributed by atoms with E-state index in [0.29, 0.717) is 23.7 Å². The summed E-state index contributed by atoms with van der Waals surface area (Å²) in [5.41, 5.74) is -1.50. The molecule has 1 fully saturated rings. The summed E-state index contributed by atoms with van der Waals surface area (Å²) in [6.45, 7) is 1.73. The first kappa shape index (κ1) is 22.1. The van der Waals surface area contributed by atoms with Crippen molar-refractivity contribution < 1.29 is 28.2 Å². The molecule has 1 N–H and O–H groups in total. The van der Waals surface area contributed by atoms with Gasteiger partial charge in [-0.1, -0.05) is 11.6 Å². The molecular weight excluding hydrogens is 469 g/mol. The molecule has 0 bridgehead atoms. The summed E-state index contributed by atoms with van der Waals surface area (Å²) in [7, 11) is 1.87.